The van der Waals surface area contributed by atoms with E-state index in [9.17, 15) is 18.0 Å². The second-order valence-corrected chi connectivity index (χ2v) is 6.14. The molecule has 0 aromatic carbocycles. The highest BCUT2D eigenvalue weighted by molar-refractivity contribution is 7.17. The molecule has 0 unspecified atom stereocenters. The monoisotopic (exact) mass is 346 g/mol. The molecular formula is C14H13F3N2O3S. The van der Waals surface area contributed by atoms with Gasteiger partial charge in [0.15, 0.2) is 0 Å². The van der Waals surface area contributed by atoms with Crippen molar-refractivity contribution in [2.75, 3.05) is 26.3 Å². The van der Waals surface area contributed by atoms with E-state index in [0.29, 0.717) is 36.1 Å². The molecule has 1 aliphatic heterocycles. The zero-order valence-corrected chi connectivity index (χ0v) is 13.0. The van der Waals surface area contributed by atoms with Crippen LogP contribution in [0.2, 0.25) is 0 Å². The Morgan fingerprint density at radius 2 is 2.00 bits per heavy atom. The van der Waals surface area contributed by atoms with Gasteiger partial charge in [0.05, 0.1) is 23.0 Å². The van der Waals surface area contributed by atoms with E-state index in [-0.39, 0.29) is 17.2 Å². The van der Waals surface area contributed by atoms with Crippen LogP contribution in [0.5, 0.6) is 0 Å². The van der Waals surface area contributed by atoms with Crippen LogP contribution in [-0.2, 0) is 10.9 Å². The van der Waals surface area contributed by atoms with E-state index in [1.165, 1.54) is 6.92 Å². The van der Waals surface area contributed by atoms with Crippen molar-refractivity contribution >= 4 is 17.2 Å². The van der Waals surface area contributed by atoms with Crippen LogP contribution < -0.4 is 0 Å². The van der Waals surface area contributed by atoms with Gasteiger partial charge in [0, 0.05) is 18.7 Å². The van der Waals surface area contributed by atoms with Crippen LogP contribution in [-0.4, -0.2) is 42.3 Å². The number of halogens is 3. The Bertz CT molecular complexity index is 717. The van der Waals surface area contributed by atoms with E-state index >= 15 is 0 Å². The number of aromatic nitrogens is 1. The minimum absolute atomic E-state index is 0.0790. The number of hydrogen-bond donors (Lipinski definition) is 0. The SMILES string of the molecule is Cc1c(-c2ccc(C(=O)N3CCOCC3)s2)noc1C(F)(F)F. The third kappa shape index (κ3) is 3.11. The maximum absolute atomic E-state index is 12.8. The lowest BCUT2D eigenvalue weighted by Gasteiger charge is -2.26. The fourth-order valence-electron chi connectivity index (χ4n) is 2.33. The molecule has 0 aliphatic carbocycles. The molecule has 23 heavy (non-hydrogen) atoms. The average molecular weight is 346 g/mol. The van der Waals surface area contributed by atoms with Crippen molar-refractivity contribution in [2.45, 2.75) is 13.1 Å². The van der Waals surface area contributed by atoms with Gasteiger partial charge in [-0.15, -0.1) is 11.3 Å². The maximum atomic E-state index is 12.8. The lowest BCUT2D eigenvalue weighted by Crippen LogP contribution is -2.40. The van der Waals surface area contributed by atoms with Crippen LogP contribution >= 0.6 is 11.3 Å². The molecule has 1 amide bonds. The molecule has 0 bridgehead atoms. The van der Waals surface area contributed by atoms with Crippen molar-refractivity contribution < 1.29 is 27.2 Å². The van der Waals surface area contributed by atoms with Crippen LogP contribution in [0.3, 0.4) is 0 Å². The molecular weight excluding hydrogens is 333 g/mol. The number of morpholine rings is 1. The van der Waals surface area contributed by atoms with Gasteiger partial charge in [-0.05, 0) is 19.1 Å². The van der Waals surface area contributed by atoms with E-state index in [4.69, 9.17) is 4.74 Å². The van der Waals surface area contributed by atoms with Gasteiger partial charge in [-0.3, -0.25) is 4.79 Å². The van der Waals surface area contributed by atoms with E-state index < -0.39 is 11.9 Å². The molecule has 2 aromatic rings. The van der Waals surface area contributed by atoms with Crippen LogP contribution in [0.4, 0.5) is 13.2 Å². The molecule has 1 aliphatic rings. The first-order valence-electron chi connectivity index (χ1n) is 6.88. The number of thiophene rings is 1. The first-order valence-corrected chi connectivity index (χ1v) is 7.70. The van der Waals surface area contributed by atoms with Crippen molar-refractivity contribution in [1.82, 2.24) is 10.1 Å². The summed E-state index contributed by atoms with van der Waals surface area (Å²) in [6, 6.07) is 3.18. The van der Waals surface area contributed by atoms with Gasteiger partial charge in [0.25, 0.3) is 5.91 Å². The molecule has 124 valence electrons. The first-order chi connectivity index (χ1) is 10.9. The molecule has 0 spiro atoms. The van der Waals surface area contributed by atoms with E-state index in [0.717, 1.165) is 11.3 Å². The summed E-state index contributed by atoms with van der Waals surface area (Å²) >= 11 is 1.10. The average Bonchev–Trinajstić information content (AvgIpc) is 3.13. The van der Waals surface area contributed by atoms with Crippen molar-refractivity contribution in [3.8, 4) is 10.6 Å². The topological polar surface area (TPSA) is 55.6 Å². The van der Waals surface area contributed by atoms with Crippen LogP contribution in [0.1, 0.15) is 21.0 Å². The standard InChI is InChI=1S/C14H13F3N2O3S/c1-8-11(18-22-12(8)14(15,16)17)9-2-3-10(23-9)13(20)19-4-6-21-7-5-19/h2-3H,4-7H2,1H3. The van der Waals surface area contributed by atoms with Crippen molar-refractivity contribution in [2.24, 2.45) is 0 Å². The summed E-state index contributed by atoms with van der Waals surface area (Å²) < 4.78 is 47.9. The number of rotatable bonds is 2. The third-order valence-corrected chi connectivity index (χ3v) is 4.61. The number of carbonyl (C=O) groups is 1. The Morgan fingerprint density at radius 3 is 2.61 bits per heavy atom. The predicted molar refractivity (Wildman–Crippen MR) is 76.3 cm³/mol. The summed E-state index contributed by atoms with van der Waals surface area (Å²) in [5.41, 5.74) is 0.0353. The predicted octanol–water partition coefficient (Wildman–Crippen LogP) is 3.20. The molecule has 3 rings (SSSR count). The van der Waals surface area contributed by atoms with Gasteiger partial charge < -0.3 is 14.2 Å². The smallest absolute Gasteiger partial charge is 0.378 e. The highest BCUT2D eigenvalue weighted by atomic mass is 32.1. The summed E-state index contributed by atoms with van der Waals surface area (Å²) in [5, 5.41) is 3.51. The van der Waals surface area contributed by atoms with Gasteiger partial charge in [0.2, 0.25) is 5.76 Å². The summed E-state index contributed by atoms with van der Waals surface area (Å²) in [5.74, 6) is -1.26. The second kappa shape index (κ2) is 5.97. The fourth-order valence-corrected chi connectivity index (χ4v) is 3.34. The molecule has 1 fully saturated rings. The number of amides is 1. The molecule has 5 nitrogen and oxygen atoms in total. The molecule has 2 aromatic heterocycles. The van der Waals surface area contributed by atoms with E-state index in [1.54, 1.807) is 17.0 Å². The Kier molecular flexibility index (Phi) is 4.15. The Labute approximate surface area is 133 Å². The van der Waals surface area contributed by atoms with Crippen LogP contribution in [0, 0.1) is 6.92 Å². The fraction of sp³-hybridized carbons (Fsp3) is 0.429. The molecule has 1 saturated heterocycles. The lowest BCUT2D eigenvalue weighted by molar-refractivity contribution is -0.156. The third-order valence-electron chi connectivity index (χ3n) is 3.53. The van der Waals surface area contributed by atoms with Gasteiger partial charge in [-0.2, -0.15) is 13.2 Å². The number of nitrogens with zero attached hydrogens (tertiary/aromatic N) is 2. The Morgan fingerprint density at radius 1 is 1.30 bits per heavy atom. The zero-order valence-electron chi connectivity index (χ0n) is 12.1. The number of hydrogen-bond acceptors (Lipinski definition) is 5. The lowest BCUT2D eigenvalue weighted by atomic mass is 10.2. The summed E-state index contributed by atoms with van der Waals surface area (Å²) in [4.78, 5) is 14.9. The van der Waals surface area contributed by atoms with Gasteiger partial charge in [-0.1, -0.05) is 5.16 Å². The Balaban J connectivity index is 1.85. The quantitative estimate of drug-likeness (QED) is 0.838. The molecule has 0 radical (unpaired) electrons. The summed E-state index contributed by atoms with van der Waals surface area (Å²) in [7, 11) is 0. The molecule has 0 saturated carbocycles. The maximum Gasteiger partial charge on any atom is 0.452 e. The second-order valence-electron chi connectivity index (χ2n) is 5.05. The largest absolute Gasteiger partial charge is 0.452 e. The minimum atomic E-state index is -4.58. The van der Waals surface area contributed by atoms with E-state index in [1.807, 2.05) is 0 Å². The first kappa shape index (κ1) is 16.0. The molecule has 3 heterocycles. The number of alkyl halides is 3. The van der Waals surface area contributed by atoms with E-state index in [2.05, 4.69) is 9.68 Å². The van der Waals surface area contributed by atoms with Crippen molar-refractivity contribution in [3.05, 3.63) is 28.3 Å². The van der Waals surface area contributed by atoms with Crippen LogP contribution in [0.25, 0.3) is 10.6 Å². The number of carbonyl (C=O) groups excluding carboxylic acids is 1. The number of ether oxygens (including phenoxy) is 1. The molecule has 0 N–H and O–H groups in total. The molecule has 0 atom stereocenters. The highest BCUT2D eigenvalue weighted by Gasteiger charge is 2.39. The minimum Gasteiger partial charge on any atom is -0.378 e. The van der Waals surface area contributed by atoms with Crippen LogP contribution in [0.15, 0.2) is 16.7 Å². The normalized spacial score (nSPS) is 15.9. The molecule has 9 heteroatoms. The summed E-state index contributed by atoms with van der Waals surface area (Å²) in [6.07, 6.45) is -4.58. The van der Waals surface area contributed by atoms with Crippen molar-refractivity contribution in [3.63, 3.8) is 0 Å². The van der Waals surface area contributed by atoms with Gasteiger partial charge >= 0.3 is 6.18 Å². The van der Waals surface area contributed by atoms with Crippen molar-refractivity contribution in [1.29, 1.82) is 0 Å². The Hall–Kier alpha value is -1.87. The van der Waals surface area contributed by atoms with Gasteiger partial charge in [-0.25, -0.2) is 0 Å². The highest BCUT2D eigenvalue weighted by Crippen LogP contribution is 2.38. The van der Waals surface area contributed by atoms with Gasteiger partial charge in [0.1, 0.15) is 5.69 Å². The zero-order chi connectivity index (χ0) is 16.6. The summed E-state index contributed by atoms with van der Waals surface area (Å²) in [6.45, 7) is 3.29.